The molecule has 1 atom stereocenters. The van der Waals surface area contributed by atoms with E-state index < -0.39 is 20.6 Å². The number of nitro benzene ring substituents is 1. The van der Waals surface area contributed by atoms with Crippen molar-refractivity contribution in [2.45, 2.75) is 17.9 Å². The monoisotopic (exact) mass is 334 g/mol. The minimum Gasteiger partial charge on any atom is -0.487 e. The molecule has 0 aromatic heterocycles. The van der Waals surface area contributed by atoms with Crippen molar-refractivity contribution in [3.63, 3.8) is 0 Å². The molecule has 23 heavy (non-hydrogen) atoms. The molecule has 0 aliphatic carbocycles. The van der Waals surface area contributed by atoms with Crippen LogP contribution in [-0.4, -0.2) is 26.0 Å². The summed E-state index contributed by atoms with van der Waals surface area (Å²) in [6, 6.07) is 12.1. The summed E-state index contributed by atoms with van der Waals surface area (Å²) in [5.41, 5.74) is -0.0622. The lowest BCUT2D eigenvalue weighted by atomic mass is 10.2. The highest BCUT2D eigenvalue weighted by Crippen LogP contribution is 2.38. The van der Waals surface area contributed by atoms with E-state index in [4.69, 9.17) is 4.74 Å². The molecule has 0 spiro atoms. The number of rotatable bonds is 3. The molecule has 0 saturated heterocycles. The van der Waals surface area contributed by atoms with Crippen LogP contribution in [0, 0.1) is 10.1 Å². The zero-order valence-corrected chi connectivity index (χ0v) is 13.1. The van der Waals surface area contributed by atoms with Crippen LogP contribution >= 0.6 is 0 Å². The lowest BCUT2D eigenvalue weighted by Gasteiger charge is -2.33. The highest BCUT2D eigenvalue weighted by molar-refractivity contribution is 7.93. The number of hydrogen-bond donors (Lipinski definition) is 0. The number of sulfonamides is 1. The maximum atomic E-state index is 13.0. The second kappa shape index (κ2) is 5.54. The van der Waals surface area contributed by atoms with Gasteiger partial charge in [-0.3, -0.25) is 14.4 Å². The maximum absolute atomic E-state index is 13.0. The fourth-order valence-corrected chi connectivity index (χ4v) is 4.23. The van der Waals surface area contributed by atoms with Crippen molar-refractivity contribution in [1.29, 1.82) is 0 Å². The van der Waals surface area contributed by atoms with Crippen molar-refractivity contribution in [1.82, 2.24) is 0 Å². The molecule has 7 nitrogen and oxygen atoms in total. The quantitative estimate of drug-likeness (QED) is 0.635. The van der Waals surface area contributed by atoms with E-state index in [9.17, 15) is 18.5 Å². The second-order valence-electron chi connectivity index (χ2n) is 5.16. The van der Waals surface area contributed by atoms with Gasteiger partial charge in [0.1, 0.15) is 11.9 Å². The standard InChI is InChI=1S/C15H14N2O5S/c1-11-10-16(12-6-2-4-8-14(12)22-11)23(20,21)15-9-5-3-7-13(15)17(18)19/h2-9,11H,10H2,1H3/t11-/m1/s1. The van der Waals surface area contributed by atoms with Crippen molar-refractivity contribution in [2.24, 2.45) is 0 Å². The molecular weight excluding hydrogens is 320 g/mol. The highest BCUT2D eigenvalue weighted by Gasteiger charge is 2.36. The maximum Gasteiger partial charge on any atom is 0.289 e. The molecule has 1 aliphatic rings. The van der Waals surface area contributed by atoms with Crippen molar-refractivity contribution < 1.29 is 18.1 Å². The Morgan fingerprint density at radius 2 is 1.83 bits per heavy atom. The van der Waals surface area contributed by atoms with E-state index in [1.165, 1.54) is 28.6 Å². The lowest BCUT2D eigenvalue weighted by molar-refractivity contribution is -0.387. The van der Waals surface area contributed by atoms with Crippen LogP contribution in [0.3, 0.4) is 0 Å². The van der Waals surface area contributed by atoms with Gasteiger partial charge in [-0.2, -0.15) is 0 Å². The number of nitrogens with zero attached hydrogens (tertiary/aromatic N) is 2. The Kier molecular flexibility index (Phi) is 3.69. The van der Waals surface area contributed by atoms with Gasteiger partial charge >= 0.3 is 0 Å². The summed E-state index contributed by atoms with van der Waals surface area (Å²) in [4.78, 5) is 10.1. The first-order chi connectivity index (χ1) is 10.9. The second-order valence-corrected chi connectivity index (χ2v) is 6.99. The van der Waals surface area contributed by atoms with E-state index in [0.717, 1.165) is 0 Å². The van der Waals surface area contributed by atoms with Crippen LogP contribution in [0.1, 0.15) is 6.92 Å². The molecule has 2 aromatic rings. The van der Waals surface area contributed by atoms with Crippen LogP contribution in [0.2, 0.25) is 0 Å². The molecule has 1 aliphatic heterocycles. The first kappa shape index (κ1) is 15.3. The van der Waals surface area contributed by atoms with Gasteiger partial charge < -0.3 is 4.74 Å². The summed E-state index contributed by atoms with van der Waals surface area (Å²) < 4.78 is 32.8. The van der Waals surface area contributed by atoms with Crippen LogP contribution in [0.4, 0.5) is 11.4 Å². The first-order valence-electron chi connectivity index (χ1n) is 6.93. The zero-order chi connectivity index (χ0) is 16.6. The van der Waals surface area contributed by atoms with Crippen LogP contribution in [0.25, 0.3) is 0 Å². The highest BCUT2D eigenvalue weighted by atomic mass is 32.2. The SMILES string of the molecule is C[C@@H]1CN(S(=O)(=O)c2ccccc2[N+](=O)[O-])c2ccccc2O1. The number of para-hydroxylation sites is 3. The van der Waals surface area contributed by atoms with Gasteiger partial charge in [-0.1, -0.05) is 24.3 Å². The molecule has 0 fully saturated rings. The van der Waals surface area contributed by atoms with E-state index in [0.29, 0.717) is 11.4 Å². The number of ether oxygens (including phenoxy) is 1. The molecule has 0 amide bonds. The van der Waals surface area contributed by atoms with E-state index in [1.54, 1.807) is 31.2 Å². The van der Waals surface area contributed by atoms with E-state index in [-0.39, 0.29) is 17.5 Å². The summed E-state index contributed by atoms with van der Waals surface area (Å²) in [5.74, 6) is 0.438. The Morgan fingerprint density at radius 3 is 2.57 bits per heavy atom. The predicted molar refractivity (Wildman–Crippen MR) is 84.2 cm³/mol. The van der Waals surface area contributed by atoms with E-state index in [1.807, 2.05) is 0 Å². The topological polar surface area (TPSA) is 89.8 Å². The summed E-state index contributed by atoms with van der Waals surface area (Å²) in [6.45, 7) is 1.84. The molecule has 0 bridgehead atoms. The number of nitro groups is 1. The summed E-state index contributed by atoms with van der Waals surface area (Å²) in [5, 5.41) is 11.2. The molecule has 0 saturated carbocycles. The molecule has 0 N–H and O–H groups in total. The van der Waals surface area contributed by atoms with Crippen LogP contribution in [-0.2, 0) is 10.0 Å². The minimum atomic E-state index is -4.07. The molecule has 1 heterocycles. The molecule has 120 valence electrons. The largest absolute Gasteiger partial charge is 0.487 e. The molecule has 8 heteroatoms. The predicted octanol–water partition coefficient (Wildman–Crippen LogP) is 2.57. The van der Waals surface area contributed by atoms with Crippen LogP contribution in [0.15, 0.2) is 53.4 Å². The summed E-state index contributed by atoms with van der Waals surface area (Å²) >= 11 is 0. The van der Waals surface area contributed by atoms with Crippen molar-refractivity contribution >= 4 is 21.4 Å². The molecular formula is C15H14N2O5S. The third-order valence-electron chi connectivity index (χ3n) is 3.52. The van der Waals surface area contributed by atoms with Gasteiger partial charge in [0.2, 0.25) is 0 Å². The van der Waals surface area contributed by atoms with Gasteiger partial charge in [-0.15, -0.1) is 0 Å². The average Bonchev–Trinajstić information content (AvgIpc) is 2.54. The fourth-order valence-electron chi connectivity index (χ4n) is 2.52. The minimum absolute atomic E-state index is 0.0887. The lowest BCUT2D eigenvalue weighted by Crippen LogP contribution is -2.42. The van der Waals surface area contributed by atoms with Gasteiger partial charge in [-0.25, -0.2) is 8.42 Å². The Hall–Kier alpha value is -2.61. The van der Waals surface area contributed by atoms with Gasteiger partial charge in [0.05, 0.1) is 17.2 Å². The Bertz CT molecular complexity index is 866. The Balaban J connectivity index is 2.17. The van der Waals surface area contributed by atoms with Crippen molar-refractivity contribution in [2.75, 3.05) is 10.8 Å². The molecule has 2 aromatic carbocycles. The van der Waals surface area contributed by atoms with Crippen LogP contribution < -0.4 is 9.04 Å². The molecule has 3 rings (SSSR count). The summed E-state index contributed by atoms with van der Waals surface area (Å²) in [7, 11) is -4.07. The van der Waals surface area contributed by atoms with E-state index >= 15 is 0 Å². The summed E-state index contributed by atoms with van der Waals surface area (Å²) in [6.07, 6.45) is -0.359. The normalized spacial score (nSPS) is 17.3. The molecule has 0 radical (unpaired) electrons. The van der Waals surface area contributed by atoms with Gasteiger partial charge in [0.25, 0.3) is 15.7 Å². The number of anilines is 1. The van der Waals surface area contributed by atoms with E-state index in [2.05, 4.69) is 0 Å². The Morgan fingerprint density at radius 1 is 1.17 bits per heavy atom. The molecule has 0 unspecified atom stereocenters. The Labute approximate surface area is 133 Å². The zero-order valence-electron chi connectivity index (χ0n) is 12.2. The third kappa shape index (κ3) is 2.61. The smallest absolute Gasteiger partial charge is 0.289 e. The third-order valence-corrected chi connectivity index (χ3v) is 5.34. The van der Waals surface area contributed by atoms with Crippen molar-refractivity contribution in [3.05, 3.63) is 58.6 Å². The van der Waals surface area contributed by atoms with Gasteiger partial charge in [0.15, 0.2) is 4.90 Å². The average molecular weight is 334 g/mol. The van der Waals surface area contributed by atoms with Gasteiger partial charge in [-0.05, 0) is 25.1 Å². The van der Waals surface area contributed by atoms with Crippen LogP contribution in [0.5, 0.6) is 5.75 Å². The fraction of sp³-hybridized carbons (Fsp3) is 0.200. The first-order valence-corrected chi connectivity index (χ1v) is 8.37. The number of hydrogen-bond acceptors (Lipinski definition) is 5. The number of benzene rings is 2. The van der Waals surface area contributed by atoms with Gasteiger partial charge in [0, 0.05) is 6.07 Å². The number of fused-ring (bicyclic) bond motifs is 1. The van der Waals surface area contributed by atoms with Crippen molar-refractivity contribution in [3.8, 4) is 5.75 Å².